The third-order valence-corrected chi connectivity index (χ3v) is 2.87. The average Bonchev–Trinajstić information content (AvgIpc) is 2.76. The Kier molecular flexibility index (Phi) is 4.38. The fraction of sp³-hybridized carbons (Fsp3) is 0.250. The summed E-state index contributed by atoms with van der Waals surface area (Å²) in [5, 5.41) is 3.29. The van der Waals surface area contributed by atoms with Crippen LogP contribution in [-0.2, 0) is 13.1 Å². The molecule has 2 aromatic rings. The topological polar surface area (TPSA) is 47.3 Å². The molecule has 17 heavy (non-hydrogen) atoms. The van der Waals surface area contributed by atoms with E-state index in [1.54, 1.807) is 13.3 Å². The molecule has 0 radical (unpaired) electrons. The molecule has 0 fully saturated rings. The number of aromatic nitrogens is 1. The van der Waals surface area contributed by atoms with Crippen LogP contribution in [0.2, 0.25) is 0 Å². The molecule has 5 heteroatoms. The van der Waals surface area contributed by atoms with Crippen LogP contribution in [0.3, 0.4) is 0 Å². The number of nitrogens with zero attached hydrogens (tertiary/aromatic N) is 1. The van der Waals surface area contributed by atoms with Crippen LogP contribution in [0.4, 0.5) is 0 Å². The predicted molar refractivity (Wildman–Crippen MR) is 72.8 cm³/mol. The van der Waals surface area contributed by atoms with Gasteiger partial charge in [0.05, 0.1) is 13.7 Å². The smallest absolute Gasteiger partial charge is 0.217 e. The Morgan fingerprint density at radius 1 is 1.35 bits per heavy atom. The van der Waals surface area contributed by atoms with Crippen molar-refractivity contribution in [2.45, 2.75) is 13.1 Å². The molecule has 4 nitrogen and oxygen atoms in total. The Balaban J connectivity index is 1.89. The van der Waals surface area contributed by atoms with Gasteiger partial charge in [0, 0.05) is 18.3 Å². The Labute approximate surface area is 114 Å². The summed E-state index contributed by atoms with van der Waals surface area (Å²) in [4.78, 5) is 4.14. The van der Waals surface area contributed by atoms with Crippen molar-refractivity contribution in [3.8, 4) is 5.88 Å². The van der Waals surface area contributed by atoms with Crippen LogP contribution in [-0.4, -0.2) is 12.1 Å². The van der Waals surface area contributed by atoms with E-state index in [1.165, 1.54) is 0 Å². The standard InChI is InChI=1S/C12H13IN2O2/c1-16-12-9(3-2-6-15-12)7-14-8-10-4-5-11(13)17-10/h2-6,14H,7-8H2,1H3. The monoisotopic (exact) mass is 344 g/mol. The van der Waals surface area contributed by atoms with Gasteiger partial charge in [-0.3, -0.25) is 0 Å². The van der Waals surface area contributed by atoms with E-state index in [-0.39, 0.29) is 0 Å². The normalized spacial score (nSPS) is 10.5. The first-order valence-electron chi connectivity index (χ1n) is 5.22. The van der Waals surface area contributed by atoms with E-state index in [4.69, 9.17) is 9.15 Å². The van der Waals surface area contributed by atoms with Gasteiger partial charge in [-0.05, 0) is 40.8 Å². The largest absolute Gasteiger partial charge is 0.481 e. The van der Waals surface area contributed by atoms with Gasteiger partial charge in [-0.15, -0.1) is 0 Å². The van der Waals surface area contributed by atoms with Crippen molar-refractivity contribution in [1.82, 2.24) is 10.3 Å². The molecule has 2 heterocycles. The summed E-state index contributed by atoms with van der Waals surface area (Å²) >= 11 is 2.15. The molecule has 0 aliphatic heterocycles. The highest BCUT2D eigenvalue weighted by molar-refractivity contribution is 14.1. The van der Waals surface area contributed by atoms with Crippen LogP contribution in [0.1, 0.15) is 11.3 Å². The molecule has 0 aliphatic rings. The van der Waals surface area contributed by atoms with Crippen molar-refractivity contribution in [1.29, 1.82) is 0 Å². The molecule has 0 spiro atoms. The molecule has 0 atom stereocenters. The summed E-state index contributed by atoms with van der Waals surface area (Å²) in [6, 6.07) is 7.80. The van der Waals surface area contributed by atoms with Crippen LogP contribution in [0.5, 0.6) is 5.88 Å². The van der Waals surface area contributed by atoms with Crippen LogP contribution < -0.4 is 10.1 Å². The molecular weight excluding hydrogens is 331 g/mol. The Morgan fingerprint density at radius 2 is 2.24 bits per heavy atom. The zero-order chi connectivity index (χ0) is 12.1. The van der Waals surface area contributed by atoms with E-state index in [2.05, 4.69) is 32.9 Å². The maximum atomic E-state index is 5.46. The van der Waals surface area contributed by atoms with Crippen molar-refractivity contribution >= 4 is 22.6 Å². The molecule has 2 rings (SSSR count). The summed E-state index contributed by atoms with van der Waals surface area (Å²) < 4.78 is 11.5. The molecule has 90 valence electrons. The van der Waals surface area contributed by atoms with E-state index in [9.17, 15) is 0 Å². The summed E-state index contributed by atoms with van der Waals surface area (Å²) in [7, 11) is 1.63. The number of furan rings is 1. The second-order valence-corrected chi connectivity index (χ2v) is 4.54. The quantitative estimate of drug-likeness (QED) is 0.847. The minimum atomic E-state index is 0.661. The highest BCUT2D eigenvalue weighted by atomic mass is 127. The van der Waals surface area contributed by atoms with Gasteiger partial charge in [-0.25, -0.2) is 4.98 Å². The van der Waals surface area contributed by atoms with Crippen molar-refractivity contribution in [3.05, 3.63) is 45.6 Å². The molecule has 0 saturated carbocycles. The van der Waals surface area contributed by atoms with E-state index in [1.807, 2.05) is 24.3 Å². The van der Waals surface area contributed by atoms with Crippen LogP contribution in [0, 0.1) is 3.77 Å². The van der Waals surface area contributed by atoms with E-state index in [0.29, 0.717) is 19.0 Å². The molecule has 0 saturated heterocycles. The second-order valence-electron chi connectivity index (χ2n) is 3.48. The lowest BCUT2D eigenvalue weighted by Crippen LogP contribution is -2.13. The molecule has 2 aromatic heterocycles. The fourth-order valence-electron chi connectivity index (χ4n) is 1.51. The van der Waals surface area contributed by atoms with Gasteiger partial charge in [-0.2, -0.15) is 0 Å². The van der Waals surface area contributed by atoms with Crippen molar-refractivity contribution < 1.29 is 9.15 Å². The Bertz CT molecular complexity index is 485. The molecule has 0 aliphatic carbocycles. The Morgan fingerprint density at radius 3 is 2.94 bits per heavy atom. The number of hydrogen-bond donors (Lipinski definition) is 1. The van der Waals surface area contributed by atoms with E-state index in [0.717, 1.165) is 15.1 Å². The van der Waals surface area contributed by atoms with Gasteiger partial charge in [-0.1, -0.05) is 6.07 Å². The number of nitrogens with one attached hydrogen (secondary N) is 1. The molecule has 1 N–H and O–H groups in total. The summed E-state index contributed by atoms with van der Waals surface area (Å²) in [6.07, 6.45) is 1.72. The van der Waals surface area contributed by atoms with Gasteiger partial charge >= 0.3 is 0 Å². The zero-order valence-corrected chi connectivity index (χ0v) is 11.6. The minimum absolute atomic E-state index is 0.661. The summed E-state index contributed by atoms with van der Waals surface area (Å²) in [5.41, 5.74) is 1.04. The summed E-state index contributed by atoms with van der Waals surface area (Å²) in [6.45, 7) is 1.40. The van der Waals surface area contributed by atoms with Crippen LogP contribution in [0.25, 0.3) is 0 Å². The third-order valence-electron chi connectivity index (χ3n) is 2.29. The number of methoxy groups -OCH3 is 1. The number of halogens is 1. The Hall–Kier alpha value is -1.08. The maximum absolute atomic E-state index is 5.46. The lowest BCUT2D eigenvalue weighted by atomic mass is 10.2. The minimum Gasteiger partial charge on any atom is -0.481 e. The number of hydrogen-bond acceptors (Lipinski definition) is 4. The van der Waals surface area contributed by atoms with Crippen LogP contribution >= 0.6 is 22.6 Å². The molecule has 0 bridgehead atoms. The van der Waals surface area contributed by atoms with E-state index < -0.39 is 0 Å². The third kappa shape index (κ3) is 3.44. The fourth-order valence-corrected chi connectivity index (χ4v) is 1.97. The average molecular weight is 344 g/mol. The van der Waals surface area contributed by atoms with Crippen molar-refractivity contribution in [3.63, 3.8) is 0 Å². The predicted octanol–water partition coefficient (Wildman–Crippen LogP) is 2.58. The van der Waals surface area contributed by atoms with Crippen molar-refractivity contribution in [2.75, 3.05) is 7.11 Å². The lowest BCUT2D eigenvalue weighted by molar-refractivity contribution is 0.389. The van der Waals surface area contributed by atoms with Gasteiger partial charge in [0.25, 0.3) is 0 Å². The van der Waals surface area contributed by atoms with Gasteiger partial charge < -0.3 is 14.5 Å². The van der Waals surface area contributed by atoms with Gasteiger partial charge in [0.1, 0.15) is 5.76 Å². The second kappa shape index (κ2) is 6.02. The number of pyridine rings is 1. The van der Waals surface area contributed by atoms with Crippen LogP contribution in [0.15, 0.2) is 34.9 Å². The summed E-state index contributed by atoms with van der Waals surface area (Å²) in [5.74, 6) is 1.59. The first kappa shape index (κ1) is 12.4. The highest BCUT2D eigenvalue weighted by Gasteiger charge is 2.03. The number of rotatable bonds is 5. The van der Waals surface area contributed by atoms with Crippen molar-refractivity contribution in [2.24, 2.45) is 0 Å². The zero-order valence-electron chi connectivity index (χ0n) is 9.44. The van der Waals surface area contributed by atoms with Gasteiger partial charge in [0.2, 0.25) is 5.88 Å². The molecule has 0 amide bonds. The molecular formula is C12H13IN2O2. The SMILES string of the molecule is COc1ncccc1CNCc1ccc(I)o1. The lowest BCUT2D eigenvalue weighted by Gasteiger charge is -2.07. The van der Waals surface area contributed by atoms with E-state index >= 15 is 0 Å². The maximum Gasteiger partial charge on any atom is 0.217 e. The molecule has 0 unspecified atom stereocenters. The molecule has 0 aromatic carbocycles. The van der Waals surface area contributed by atoms with Gasteiger partial charge in [0.15, 0.2) is 3.77 Å². The highest BCUT2D eigenvalue weighted by Crippen LogP contribution is 2.14. The first-order chi connectivity index (χ1) is 8.29. The first-order valence-corrected chi connectivity index (χ1v) is 6.30. The number of ether oxygens (including phenoxy) is 1.